The first-order valence-corrected chi connectivity index (χ1v) is 8.45. The first-order chi connectivity index (χ1) is 12.0. The second-order valence-corrected chi connectivity index (χ2v) is 6.63. The summed E-state index contributed by atoms with van der Waals surface area (Å²) in [5.41, 5.74) is 6.47. The first kappa shape index (κ1) is 16.9. The van der Waals surface area contributed by atoms with Crippen LogP contribution in [0.2, 0.25) is 0 Å². The van der Waals surface area contributed by atoms with E-state index in [0.717, 1.165) is 15.2 Å². The number of rotatable bonds is 6. The van der Waals surface area contributed by atoms with Crippen LogP contribution in [0.1, 0.15) is 15.4 Å². The molecule has 0 aliphatic carbocycles. The van der Waals surface area contributed by atoms with Crippen molar-refractivity contribution < 1.29 is 14.3 Å². The molecule has 0 aliphatic heterocycles. The zero-order valence-electron chi connectivity index (χ0n) is 13.6. The average Bonchev–Trinajstić information content (AvgIpc) is 3.01. The molecule has 25 heavy (non-hydrogen) atoms. The highest BCUT2D eigenvalue weighted by Crippen LogP contribution is 2.23. The second-order valence-electron chi connectivity index (χ2n) is 5.52. The van der Waals surface area contributed by atoms with E-state index in [9.17, 15) is 9.59 Å². The molecule has 6 nitrogen and oxygen atoms in total. The van der Waals surface area contributed by atoms with Crippen LogP contribution in [0.25, 0.3) is 10.2 Å². The zero-order chi connectivity index (χ0) is 17.8. The number of fused-ring (bicyclic) bond motifs is 1. The predicted octanol–water partition coefficient (Wildman–Crippen LogP) is 2.43. The van der Waals surface area contributed by atoms with Gasteiger partial charge in [-0.15, -0.1) is 11.3 Å². The molecule has 0 radical (unpaired) electrons. The summed E-state index contributed by atoms with van der Waals surface area (Å²) in [6, 6.07) is 14.6. The summed E-state index contributed by atoms with van der Waals surface area (Å²) >= 11 is 1.57. The van der Waals surface area contributed by atoms with E-state index < -0.39 is 5.91 Å². The smallest absolute Gasteiger partial charge is 0.255 e. The Morgan fingerprint density at radius 1 is 1.20 bits per heavy atom. The molecule has 2 amide bonds. The van der Waals surface area contributed by atoms with Gasteiger partial charge in [0.15, 0.2) is 6.61 Å². The first-order valence-electron chi connectivity index (χ1n) is 7.64. The lowest BCUT2D eigenvalue weighted by atomic mass is 10.2. The van der Waals surface area contributed by atoms with Crippen LogP contribution in [-0.4, -0.2) is 35.4 Å². The monoisotopic (exact) mass is 355 g/mol. The van der Waals surface area contributed by atoms with E-state index in [1.165, 1.54) is 0 Å². The molecule has 128 valence electrons. The fourth-order valence-electron chi connectivity index (χ4n) is 2.36. The van der Waals surface area contributed by atoms with Crippen LogP contribution in [0.4, 0.5) is 0 Å². The van der Waals surface area contributed by atoms with E-state index in [1.807, 2.05) is 24.3 Å². The van der Waals surface area contributed by atoms with Crippen LogP contribution in [0.15, 0.2) is 48.5 Å². The molecule has 0 spiro atoms. The zero-order valence-corrected chi connectivity index (χ0v) is 14.5. The molecule has 2 aromatic carbocycles. The molecule has 0 saturated carbocycles. The molecule has 0 bridgehead atoms. The van der Waals surface area contributed by atoms with Crippen LogP contribution >= 0.6 is 11.3 Å². The van der Waals surface area contributed by atoms with E-state index in [-0.39, 0.29) is 12.5 Å². The minimum atomic E-state index is -0.565. The van der Waals surface area contributed by atoms with Crippen molar-refractivity contribution in [2.45, 2.75) is 6.54 Å². The number of hydrogen-bond donors (Lipinski definition) is 1. The fraction of sp³-hybridized carbons (Fsp3) is 0.167. The van der Waals surface area contributed by atoms with Gasteiger partial charge < -0.3 is 15.4 Å². The molecule has 0 atom stereocenters. The van der Waals surface area contributed by atoms with E-state index in [2.05, 4.69) is 4.98 Å². The lowest BCUT2D eigenvalue weighted by Gasteiger charge is -2.16. The van der Waals surface area contributed by atoms with Gasteiger partial charge in [-0.25, -0.2) is 4.98 Å². The molecule has 1 aromatic heterocycles. The van der Waals surface area contributed by atoms with Crippen molar-refractivity contribution in [3.8, 4) is 5.75 Å². The molecule has 0 saturated heterocycles. The Bertz CT molecular complexity index is 890. The van der Waals surface area contributed by atoms with Crippen LogP contribution in [0.5, 0.6) is 5.75 Å². The van der Waals surface area contributed by atoms with E-state index >= 15 is 0 Å². The Balaban J connectivity index is 1.71. The van der Waals surface area contributed by atoms with Gasteiger partial charge in [-0.2, -0.15) is 0 Å². The number of ether oxygens (including phenoxy) is 1. The van der Waals surface area contributed by atoms with Crippen molar-refractivity contribution >= 4 is 33.4 Å². The van der Waals surface area contributed by atoms with Gasteiger partial charge in [-0.05, 0) is 30.3 Å². The summed E-state index contributed by atoms with van der Waals surface area (Å²) in [6.07, 6.45) is 0. The number of hydrogen-bond acceptors (Lipinski definition) is 5. The van der Waals surface area contributed by atoms with Gasteiger partial charge in [-0.1, -0.05) is 18.2 Å². The van der Waals surface area contributed by atoms with E-state index in [1.54, 1.807) is 47.5 Å². The van der Waals surface area contributed by atoms with Crippen LogP contribution in [-0.2, 0) is 11.3 Å². The third-order valence-corrected chi connectivity index (χ3v) is 4.54. The minimum Gasteiger partial charge on any atom is -0.484 e. The van der Waals surface area contributed by atoms with Gasteiger partial charge in [0, 0.05) is 12.6 Å². The van der Waals surface area contributed by atoms with Gasteiger partial charge in [0.05, 0.1) is 16.8 Å². The normalized spacial score (nSPS) is 10.6. The quantitative estimate of drug-likeness (QED) is 0.736. The number of nitrogens with two attached hydrogens (primary N) is 1. The number of para-hydroxylation sites is 1. The Kier molecular flexibility index (Phi) is 4.95. The number of benzene rings is 2. The summed E-state index contributed by atoms with van der Waals surface area (Å²) in [4.78, 5) is 29.5. The molecule has 0 unspecified atom stereocenters. The fourth-order valence-corrected chi connectivity index (χ4v) is 3.38. The highest BCUT2D eigenvalue weighted by Gasteiger charge is 2.15. The molecule has 3 rings (SSSR count). The van der Waals surface area contributed by atoms with E-state index in [4.69, 9.17) is 10.5 Å². The Morgan fingerprint density at radius 2 is 2.00 bits per heavy atom. The SMILES string of the molecule is CN(Cc1nc2ccccc2s1)C(=O)c1cccc(OCC(N)=O)c1. The minimum absolute atomic E-state index is 0.149. The largest absolute Gasteiger partial charge is 0.484 e. The highest BCUT2D eigenvalue weighted by atomic mass is 32.1. The van der Waals surface area contributed by atoms with Crippen molar-refractivity contribution in [2.75, 3.05) is 13.7 Å². The van der Waals surface area contributed by atoms with Crippen molar-refractivity contribution in [1.82, 2.24) is 9.88 Å². The lowest BCUT2D eigenvalue weighted by molar-refractivity contribution is -0.119. The lowest BCUT2D eigenvalue weighted by Crippen LogP contribution is -2.26. The van der Waals surface area contributed by atoms with Gasteiger partial charge >= 0.3 is 0 Å². The number of thiazole rings is 1. The Labute approximate surface area is 148 Å². The van der Waals surface area contributed by atoms with Crippen LogP contribution in [0, 0.1) is 0 Å². The maximum absolute atomic E-state index is 12.6. The van der Waals surface area contributed by atoms with Crippen LogP contribution < -0.4 is 10.5 Å². The molecular formula is C18H17N3O3S. The third kappa shape index (κ3) is 4.13. The molecule has 0 fully saturated rings. The summed E-state index contributed by atoms with van der Waals surface area (Å²) in [5, 5.41) is 0.873. The summed E-state index contributed by atoms with van der Waals surface area (Å²) in [7, 11) is 1.73. The number of amides is 2. The average molecular weight is 355 g/mol. The number of nitrogens with zero attached hydrogens (tertiary/aromatic N) is 2. The van der Waals surface area contributed by atoms with Crippen molar-refractivity contribution in [1.29, 1.82) is 0 Å². The number of primary amides is 1. The Morgan fingerprint density at radius 3 is 2.76 bits per heavy atom. The molecular weight excluding hydrogens is 338 g/mol. The molecule has 7 heteroatoms. The third-order valence-electron chi connectivity index (χ3n) is 3.52. The van der Waals surface area contributed by atoms with E-state index in [0.29, 0.717) is 17.9 Å². The second kappa shape index (κ2) is 7.31. The predicted molar refractivity (Wildman–Crippen MR) is 96.5 cm³/mol. The number of carbonyl (C=O) groups excluding carboxylic acids is 2. The van der Waals surface area contributed by atoms with Crippen molar-refractivity contribution in [3.63, 3.8) is 0 Å². The molecule has 2 N–H and O–H groups in total. The highest BCUT2D eigenvalue weighted by molar-refractivity contribution is 7.18. The topological polar surface area (TPSA) is 85.5 Å². The summed E-state index contributed by atoms with van der Waals surface area (Å²) in [6.45, 7) is 0.198. The molecule has 3 aromatic rings. The number of carbonyl (C=O) groups is 2. The van der Waals surface area contributed by atoms with Crippen molar-refractivity contribution in [3.05, 3.63) is 59.1 Å². The number of aromatic nitrogens is 1. The van der Waals surface area contributed by atoms with Gasteiger partial charge in [0.25, 0.3) is 11.8 Å². The molecule has 0 aliphatic rings. The summed E-state index contributed by atoms with van der Waals surface area (Å²) < 4.78 is 6.34. The van der Waals surface area contributed by atoms with Crippen LogP contribution in [0.3, 0.4) is 0 Å². The van der Waals surface area contributed by atoms with Crippen molar-refractivity contribution in [2.24, 2.45) is 5.73 Å². The van der Waals surface area contributed by atoms with Gasteiger partial charge in [0.2, 0.25) is 0 Å². The molecule has 1 heterocycles. The Hall–Kier alpha value is -2.93. The summed E-state index contributed by atoms with van der Waals surface area (Å²) in [5.74, 6) is -0.286. The maximum atomic E-state index is 12.6. The standard InChI is InChI=1S/C18H17N3O3S/c1-21(10-17-20-14-7-2-3-8-15(14)25-17)18(23)12-5-4-6-13(9-12)24-11-16(19)22/h2-9H,10-11H2,1H3,(H2,19,22). The maximum Gasteiger partial charge on any atom is 0.255 e. The van der Waals surface area contributed by atoms with Gasteiger partial charge in [0.1, 0.15) is 10.8 Å². The van der Waals surface area contributed by atoms with Gasteiger partial charge in [-0.3, -0.25) is 9.59 Å².